The quantitative estimate of drug-likeness (QED) is 0.311. The van der Waals surface area contributed by atoms with Crippen LogP contribution in [0.5, 0.6) is 0 Å². The number of aliphatic hydroxyl groups is 1. The number of esters is 1. The molecule has 0 radical (unpaired) electrons. The van der Waals surface area contributed by atoms with Gasteiger partial charge in [-0.1, -0.05) is 11.6 Å². The van der Waals surface area contributed by atoms with E-state index in [4.69, 9.17) is 11.6 Å². The predicted octanol–water partition coefficient (Wildman–Crippen LogP) is 3.38. The SMILES string of the molecule is COC(=O)CNC(=O)CC1(O)C2CCC1CC(S(=O)(=O)c1cc(C(=O)Nc3cc(F)c(F)c(F)c3)ccc1Cl)C2. The number of hydrogen-bond acceptors (Lipinski definition) is 7. The maximum absolute atomic E-state index is 13.7. The molecule has 2 aliphatic rings. The number of sulfone groups is 1. The molecule has 0 aromatic heterocycles. The van der Waals surface area contributed by atoms with E-state index in [2.05, 4.69) is 15.4 Å². The standard InChI is InChI=1S/C26H26ClF3N2O7S/c1-39-23(34)12-31-22(33)11-26(36)14-3-4-15(26)8-17(7-14)40(37,38)21-6-13(2-5-18(21)27)25(35)32-16-9-19(28)24(30)20(29)10-16/h2,5-6,9-10,14-15,17,36H,3-4,7-8,11-12H2,1H3,(H,31,33)(H,32,35). The smallest absolute Gasteiger partial charge is 0.325 e. The van der Waals surface area contributed by atoms with Gasteiger partial charge in [0.15, 0.2) is 27.3 Å². The maximum Gasteiger partial charge on any atom is 0.325 e. The molecule has 2 atom stereocenters. The number of carbonyl (C=O) groups excluding carboxylic acids is 3. The number of hydrogen-bond donors (Lipinski definition) is 3. The maximum atomic E-state index is 13.7. The Labute approximate surface area is 233 Å². The number of methoxy groups -OCH3 is 1. The molecule has 9 nitrogen and oxygen atoms in total. The van der Waals surface area contributed by atoms with Gasteiger partial charge in [-0.25, -0.2) is 21.6 Å². The monoisotopic (exact) mass is 602 g/mol. The Hall–Kier alpha value is -3.16. The van der Waals surface area contributed by atoms with Crippen molar-refractivity contribution in [3.05, 3.63) is 58.4 Å². The Balaban J connectivity index is 1.51. The van der Waals surface area contributed by atoms with Gasteiger partial charge in [-0.05, 0) is 55.7 Å². The summed E-state index contributed by atoms with van der Waals surface area (Å²) in [4.78, 5) is 36.1. The van der Waals surface area contributed by atoms with Crippen molar-refractivity contribution in [1.29, 1.82) is 0 Å². The minimum absolute atomic E-state index is 0.0422. The van der Waals surface area contributed by atoms with E-state index in [0.29, 0.717) is 25.0 Å². The molecule has 0 saturated heterocycles. The highest BCUT2D eigenvalue weighted by Gasteiger charge is 2.56. The first-order chi connectivity index (χ1) is 18.8. The lowest BCUT2D eigenvalue weighted by molar-refractivity contribution is -0.143. The minimum atomic E-state index is -4.12. The van der Waals surface area contributed by atoms with Crippen LogP contribution in [-0.4, -0.2) is 55.8 Å². The molecule has 2 unspecified atom stereocenters. The Morgan fingerprint density at radius 3 is 2.25 bits per heavy atom. The Morgan fingerprint density at radius 2 is 1.68 bits per heavy atom. The van der Waals surface area contributed by atoms with Gasteiger partial charge in [0, 0.05) is 23.4 Å². The molecule has 216 valence electrons. The van der Waals surface area contributed by atoms with E-state index in [1.54, 1.807) is 0 Å². The van der Waals surface area contributed by atoms with Crippen LogP contribution in [0.3, 0.4) is 0 Å². The van der Waals surface area contributed by atoms with E-state index in [-0.39, 0.29) is 47.0 Å². The molecule has 0 aliphatic heterocycles. The van der Waals surface area contributed by atoms with Gasteiger partial charge in [0.2, 0.25) is 5.91 Å². The summed E-state index contributed by atoms with van der Waals surface area (Å²) in [5, 5.41) is 14.8. The third-order valence-electron chi connectivity index (χ3n) is 7.65. The van der Waals surface area contributed by atoms with Crippen molar-refractivity contribution in [2.75, 3.05) is 19.0 Å². The first-order valence-corrected chi connectivity index (χ1v) is 14.2. The Kier molecular flexibility index (Phi) is 8.48. The van der Waals surface area contributed by atoms with Crippen LogP contribution < -0.4 is 10.6 Å². The van der Waals surface area contributed by atoms with Crippen LogP contribution in [0.2, 0.25) is 5.02 Å². The minimum Gasteiger partial charge on any atom is -0.468 e. The van der Waals surface area contributed by atoms with Gasteiger partial charge in [-0.3, -0.25) is 14.4 Å². The molecular formula is C26H26ClF3N2O7S. The second kappa shape index (κ2) is 11.4. The Bertz CT molecular complexity index is 1430. The first-order valence-electron chi connectivity index (χ1n) is 12.3. The van der Waals surface area contributed by atoms with Gasteiger partial charge in [0.25, 0.3) is 5.91 Å². The average Bonchev–Trinajstić information content (AvgIpc) is 3.06. The zero-order chi connectivity index (χ0) is 29.4. The third kappa shape index (κ3) is 5.81. The van der Waals surface area contributed by atoms with Gasteiger partial charge < -0.3 is 20.5 Å². The van der Waals surface area contributed by atoms with Gasteiger partial charge in [0.1, 0.15) is 6.54 Å². The summed E-state index contributed by atoms with van der Waals surface area (Å²) in [5.74, 6) is -7.86. The molecule has 2 aromatic carbocycles. The number of ether oxygens (including phenoxy) is 1. The fourth-order valence-corrected chi connectivity index (χ4v) is 7.99. The van der Waals surface area contributed by atoms with Crippen LogP contribution in [0.15, 0.2) is 35.2 Å². The van der Waals surface area contributed by atoms with Crippen molar-refractivity contribution in [3.8, 4) is 0 Å². The van der Waals surface area contributed by atoms with E-state index in [1.807, 2.05) is 0 Å². The molecule has 3 N–H and O–H groups in total. The molecule has 2 aromatic rings. The number of anilines is 1. The summed E-state index contributed by atoms with van der Waals surface area (Å²) in [6.45, 7) is -0.356. The van der Waals surface area contributed by atoms with Crippen molar-refractivity contribution >= 4 is 44.9 Å². The van der Waals surface area contributed by atoms with Crippen LogP contribution in [0, 0.1) is 29.3 Å². The predicted molar refractivity (Wildman–Crippen MR) is 137 cm³/mol. The Morgan fingerprint density at radius 1 is 1.07 bits per heavy atom. The highest BCUT2D eigenvalue weighted by Crippen LogP contribution is 2.53. The van der Waals surface area contributed by atoms with E-state index >= 15 is 0 Å². The molecule has 2 saturated carbocycles. The second-order valence-corrected chi connectivity index (χ2v) is 12.6. The van der Waals surface area contributed by atoms with Gasteiger partial charge in [-0.15, -0.1) is 0 Å². The van der Waals surface area contributed by atoms with Crippen molar-refractivity contribution < 1.29 is 45.8 Å². The lowest BCUT2D eigenvalue weighted by Gasteiger charge is -2.42. The number of rotatable bonds is 8. The van der Waals surface area contributed by atoms with E-state index in [1.165, 1.54) is 19.2 Å². The summed E-state index contributed by atoms with van der Waals surface area (Å²) < 4.78 is 72.1. The van der Waals surface area contributed by atoms with Crippen LogP contribution >= 0.6 is 11.6 Å². The summed E-state index contributed by atoms with van der Waals surface area (Å²) in [6.07, 6.45) is 0.783. The molecule has 14 heteroatoms. The number of amides is 2. The van der Waals surface area contributed by atoms with Crippen molar-refractivity contribution in [2.45, 2.75) is 47.9 Å². The first kappa shape index (κ1) is 29.8. The number of carbonyl (C=O) groups is 3. The zero-order valence-corrected chi connectivity index (χ0v) is 22.8. The molecule has 2 fully saturated rings. The number of nitrogens with one attached hydrogen (secondary N) is 2. The van der Waals surface area contributed by atoms with Crippen LogP contribution in [0.25, 0.3) is 0 Å². The highest BCUT2D eigenvalue weighted by molar-refractivity contribution is 7.92. The largest absolute Gasteiger partial charge is 0.468 e. The summed E-state index contributed by atoms with van der Waals surface area (Å²) in [7, 11) is -2.95. The van der Waals surface area contributed by atoms with E-state index < -0.39 is 67.8 Å². The molecule has 0 heterocycles. The van der Waals surface area contributed by atoms with Crippen LogP contribution in [0.4, 0.5) is 18.9 Å². The van der Waals surface area contributed by atoms with E-state index in [9.17, 15) is 41.1 Å². The topological polar surface area (TPSA) is 139 Å². The molecule has 0 spiro atoms. The third-order valence-corrected chi connectivity index (χ3v) is 10.3. The zero-order valence-electron chi connectivity index (χ0n) is 21.2. The number of halogens is 4. The summed E-state index contributed by atoms with van der Waals surface area (Å²) >= 11 is 6.22. The fourth-order valence-electron chi connectivity index (χ4n) is 5.59. The molecule has 2 aliphatic carbocycles. The lowest BCUT2D eigenvalue weighted by Crippen LogP contribution is -2.51. The molecule has 4 rings (SSSR count). The van der Waals surface area contributed by atoms with Crippen molar-refractivity contribution in [3.63, 3.8) is 0 Å². The van der Waals surface area contributed by atoms with Crippen molar-refractivity contribution in [1.82, 2.24) is 5.32 Å². The van der Waals surface area contributed by atoms with Gasteiger partial charge in [-0.2, -0.15) is 0 Å². The molecule has 40 heavy (non-hydrogen) atoms. The highest BCUT2D eigenvalue weighted by atomic mass is 35.5. The van der Waals surface area contributed by atoms with Gasteiger partial charge >= 0.3 is 5.97 Å². The number of benzene rings is 2. The van der Waals surface area contributed by atoms with Crippen LogP contribution in [-0.2, 0) is 24.2 Å². The number of fused-ring (bicyclic) bond motifs is 2. The lowest BCUT2D eigenvalue weighted by atomic mass is 9.72. The van der Waals surface area contributed by atoms with Gasteiger partial charge in [0.05, 0.1) is 34.3 Å². The molecular weight excluding hydrogens is 577 g/mol. The molecule has 2 amide bonds. The normalized spacial score (nSPS) is 23.9. The van der Waals surface area contributed by atoms with Crippen LogP contribution in [0.1, 0.15) is 42.5 Å². The average molecular weight is 603 g/mol. The van der Waals surface area contributed by atoms with E-state index in [0.717, 1.165) is 6.07 Å². The molecule has 2 bridgehead atoms. The summed E-state index contributed by atoms with van der Waals surface area (Å²) in [6, 6.07) is 4.64. The fraction of sp³-hybridized carbons (Fsp3) is 0.423. The summed E-state index contributed by atoms with van der Waals surface area (Å²) in [5.41, 5.74) is -2.00. The second-order valence-electron chi connectivity index (χ2n) is 9.98. The van der Waals surface area contributed by atoms with Crippen molar-refractivity contribution in [2.24, 2.45) is 11.8 Å².